The van der Waals surface area contributed by atoms with Gasteiger partial charge in [-0.15, -0.1) is 0 Å². The van der Waals surface area contributed by atoms with Gasteiger partial charge in [-0.25, -0.2) is 9.78 Å². The number of hydrogen-bond donors (Lipinski definition) is 1. The quantitative estimate of drug-likeness (QED) is 0.626. The van der Waals surface area contributed by atoms with Crippen LogP contribution >= 0.6 is 0 Å². The molecule has 0 aromatic rings. The van der Waals surface area contributed by atoms with Gasteiger partial charge in [-0.05, 0) is 44.4 Å². The molecule has 6 nitrogen and oxygen atoms in total. The molecule has 138 valence electrons. The first-order valence-corrected chi connectivity index (χ1v) is 9.43. The summed E-state index contributed by atoms with van der Waals surface area (Å²) < 4.78 is 18.5. The summed E-state index contributed by atoms with van der Waals surface area (Å²) in [6.07, 6.45) is 3.96. The molecule has 0 aromatic heterocycles. The van der Waals surface area contributed by atoms with Crippen molar-refractivity contribution >= 4 is 0 Å². The molecule has 4 heterocycles. The lowest BCUT2D eigenvalue weighted by Crippen LogP contribution is -2.70. The molecular weight excluding hydrogens is 312 g/mol. The third-order valence-corrected chi connectivity index (χ3v) is 6.68. The van der Waals surface area contributed by atoms with Crippen LogP contribution in [0.5, 0.6) is 0 Å². The van der Waals surface area contributed by atoms with Crippen molar-refractivity contribution in [2.24, 2.45) is 23.7 Å². The number of fused-ring (bicyclic) bond motifs is 2. The fourth-order valence-corrected chi connectivity index (χ4v) is 5.33. The zero-order chi connectivity index (χ0) is 16.9. The Bertz CT molecular complexity index is 472. The molecule has 24 heavy (non-hydrogen) atoms. The van der Waals surface area contributed by atoms with Crippen molar-refractivity contribution in [1.82, 2.24) is 0 Å². The highest BCUT2D eigenvalue weighted by Gasteiger charge is 2.69. The SMILES string of the molecule is C[C@H]1[C@@H](OCCCO)O[C@@H]2O[C@]3(C)CC[C@H]4[C@H](C)CC[C@@H]1[C@@]24OO3. The topological polar surface area (TPSA) is 66.4 Å². The summed E-state index contributed by atoms with van der Waals surface area (Å²) in [6.45, 7) is 7.04. The molecule has 1 aliphatic carbocycles. The summed E-state index contributed by atoms with van der Waals surface area (Å²) in [5, 5.41) is 8.99. The summed E-state index contributed by atoms with van der Waals surface area (Å²) in [5.41, 5.74) is -0.524. The summed E-state index contributed by atoms with van der Waals surface area (Å²) in [6, 6.07) is 0. The molecule has 1 saturated carbocycles. The first kappa shape index (κ1) is 17.2. The highest BCUT2D eigenvalue weighted by Crippen LogP contribution is 2.60. The summed E-state index contributed by atoms with van der Waals surface area (Å²) in [4.78, 5) is 11.9. The second kappa shape index (κ2) is 6.18. The fourth-order valence-electron chi connectivity index (χ4n) is 5.33. The minimum absolute atomic E-state index is 0.128. The van der Waals surface area contributed by atoms with Crippen LogP contribution < -0.4 is 0 Å². The lowest BCUT2D eigenvalue weighted by molar-refractivity contribution is -0.577. The Morgan fingerprint density at radius 3 is 2.75 bits per heavy atom. The number of ether oxygens (including phenoxy) is 3. The molecule has 4 aliphatic heterocycles. The van der Waals surface area contributed by atoms with Crippen molar-refractivity contribution < 1.29 is 29.1 Å². The van der Waals surface area contributed by atoms with Crippen LogP contribution in [0.25, 0.3) is 0 Å². The van der Waals surface area contributed by atoms with E-state index in [1.165, 1.54) is 6.42 Å². The lowest BCUT2D eigenvalue weighted by Gasteiger charge is -2.60. The second-order valence-electron chi connectivity index (χ2n) is 8.22. The van der Waals surface area contributed by atoms with Gasteiger partial charge in [0.25, 0.3) is 0 Å². The van der Waals surface area contributed by atoms with E-state index in [9.17, 15) is 0 Å². The van der Waals surface area contributed by atoms with E-state index in [1.807, 2.05) is 6.92 Å². The lowest BCUT2D eigenvalue weighted by atomic mass is 9.58. The first-order valence-electron chi connectivity index (χ1n) is 9.43. The van der Waals surface area contributed by atoms with E-state index < -0.39 is 17.7 Å². The first-order chi connectivity index (χ1) is 11.5. The van der Waals surface area contributed by atoms with Crippen LogP contribution in [0.4, 0.5) is 0 Å². The molecule has 6 heteroatoms. The zero-order valence-corrected chi connectivity index (χ0v) is 14.9. The molecule has 1 spiro atoms. The Kier molecular flexibility index (Phi) is 4.43. The van der Waals surface area contributed by atoms with Crippen LogP contribution in [0.15, 0.2) is 0 Å². The molecule has 1 N–H and O–H groups in total. The smallest absolute Gasteiger partial charge is 0.201 e. The van der Waals surface area contributed by atoms with Gasteiger partial charge in [0.05, 0.1) is 6.61 Å². The van der Waals surface area contributed by atoms with E-state index in [4.69, 9.17) is 29.1 Å². The van der Waals surface area contributed by atoms with E-state index >= 15 is 0 Å². The fraction of sp³-hybridized carbons (Fsp3) is 1.00. The third-order valence-electron chi connectivity index (χ3n) is 6.68. The Morgan fingerprint density at radius 1 is 1.12 bits per heavy atom. The maximum Gasteiger partial charge on any atom is 0.201 e. The molecule has 0 radical (unpaired) electrons. The predicted molar refractivity (Wildman–Crippen MR) is 84.5 cm³/mol. The van der Waals surface area contributed by atoms with E-state index in [-0.39, 0.29) is 18.8 Å². The van der Waals surface area contributed by atoms with Gasteiger partial charge in [-0.2, -0.15) is 0 Å². The summed E-state index contributed by atoms with van der Waals surface area (Å²) in [7, 11) is 0. The number of aliphatic hydroxyl groups is 1. The van der Waals surface area contributed by atoms with Crippen LogP contribution in [0, 0.1) is 23.7 Å². The highest BCUT2D eigenvalue weighted by molar-refractivity contribution is 5.09. The monoisotopic (exact) mass is 342 g/mol. The van der Waals surface area contributed by atoms with Crippen molar-refractivity contribution in [1.29, 1.82) is 0 Å². The van der Waals surface area contributed by atoms with E-state index in [2.05, 4.69) is 13.8 Å². The minimum Gasteiger partial charge on any atom is -0.396 e. The Balaban J connectivity index is 1.64. The Hall–Kier alpha value is -0.240. The predicted octanol–water partition coefficient (Wildman–Crippen LogP) is 2.59. The minimum atomic E-state index is -0.742. The van der Waals surface area contributed by atoms with Gasteiger partial charge in [0.1, 0.15) is 0 Å². The average molecular weight is 342 g/mol. The zero-order valence-electron chi connectivity index (χ0n) is 14.9. The molecule has 5 fully saturated rings. The van der Waals surface area contributed by atoms with Crippen molar-refractivity contribution in [3.8, 4) is 0 Å². The van der Waals surface area contributed by atoms with Gasteiger partial charge in [0.15, 0.2) is 18.2 Å². The van der Waals surface area contributed by atoms with Crippen LogP contribution in [0.1, 0.15) is 52.9 Å². The van der Waals surface area contributed by atoms with Crippen LogP contribution in [0.3, 0.4) is 0 Å². The van der Waals surface area contributed by atoms with Crippen molar-refractivity contribution in [2.75, 3.05) is 13.2 Å². The van der Waals surface area contributed by atoms with Gasteiger partial charge >= 0.3 is 0 Å². The standard InChI is InChI=1S/C18H30O6/c1-11-5-6-14-12(2)15(20-10-4-9-19)21-16-18(14)13(11)7-8-17(3,22-16)23-24-18/h11-16,19H,4-10H2,1-3H3/t11-,12-,13+,14+,15+,16-,17+,18-/m1/s1. The maximum atomic E-state index is 8.99. The summed E-state index contributed by atoms with van der Waals surface area (Å²) in [5.74, 6) is 0.697. The van der Waals surface area contributed by atoms with E-state index in [1.54, 1.807) is 0 Å². The van der Waals surface area contributed by atoms with Gasteiger partial charge in [-0.1, -0.05) is 13.8 Å². The molecule has 0 aromatic carbocycles. The molecule has 4 saturated heterocycles. The average Bonchev–Trinajstić information content (AvgIpc) is 2.78. The van der Waals surface area contributed by atoms with Gasteiger partial charge < -0.3 is 19.3 Å². The van der Waals surface area contributed by atoms with Crippen molar-refractivity contribution in [2.45, 2.75) is 76.8 Å². The largest absolute Gasteiger partial charge is 0.396 e. The van der Waals surface area contributed by atoms with Crippen LogP contribution in [-0.4, -0.2) is 42.3 Å². The molecule has 5 rings (SSSR count). The normalized spacial score (nSPS) is 53.5. The number of rotatable bonds is 4. The molecule has 0 unspecified atom stereocenters. The third kappa shape index (κ3) is 2.46. The second-order valence-corrected chi connectivity index (χ2v) is 8.22. The van der Waals surface area contributed by atoms with Crippen LogP contribution in [0.2, 0.25) is 0 Å². The molecular formula is C18H30O6. The molecule has 0 amide bonds. The van der Waals surface area contributed by atoms with E-state index in [0.29, 0.717) is 30.8 Å². The summed E-state index contributed by atoms with van der Waals surface area (Å²) >= 11 is 0. The van der Waals surface area contributed by atoms with E-state index in [0.717, 1.165) is 19.3 Å². The van der Waals surface area contributed by atoms with Crippen molar-refractivity contribution in [3.05, 3.63) is 0 Å². The van der Waals surface area contributed by atoms with Crippen LogP contribution in [-0.2, 0) is 24.0 Å². The Morgan fingerprint density at radius 2 is 1.96 bits per heavy atom. The number of aliphatic hydroxyl groups excluding tert-OH is 1. The molecule has 2 bridgehead atoms. The number of hydrogen-bond acceptors (Lipinski definition) is 6. The van der Waals surface area contributed by atoms with Crippen molar-refractivity contribution in [3.63, 3.8) is 0 Å². The van der Waals surface area contributed by atoms with Gasteiger partial charge in [0, 0.05) is 24.9 Å². The molecule has 5 aliphatic rings. The van der Waals surface area contributed by atoms with Gasteiger partial charge in [-0.3, -0.25) is 0 Å². The molecule has 8 atom stereocenters. The maximum absolute atomic E-state index is 8.99. The van der Waals surface area contributed by atoms with Gasteiger partial charge in [0.2, 0.25) is 5.79 Å². The highest BCUT2D eigenvalue weighted by atomic mass is 17.3. The Labute approximate surface area is 143 Å².